The highest BCUT2D eigenvalue weighted by molar-refractivity contribution is 5.73. The van der Waals surface area contributed by atoms with Gasteiger partial charge in [0.15, 0.2) is 6.10 Å². The van der Waals surface area contributed by atoms with Crippen LogP contribution in [0.15, 0.2) is 18.2 Å². The van der Waals surface area contributed by atoms with Crippen molar-refractivity contribution in [1.29, 1.82) is 0 Å². The molecule has 0 spiro atoms. The summed E-state index contributed by atoms with van der Waals surface area (Å²) in [5, 5.41) is 37.5. The highest BCUT2D eigenvalue weighted by Crippen LogP contribution is 2.26. The number of nitrogen functional groups attached to an aromatic ring is 1. The molecule has 0 aliphatic heterocycles. The average Bonchev–Trinajstić information content (AvgIpc) is 2.26. The first kappa shape index (κ1) is 12.9. The predicted molar refractivity (Wildman–Crippen MR) is 56.1 cm³/mol. The standard InChI is InChI=1S/C9H10N2O6/c10-5-3-4(1-2-6(5)11(16)17)7(12)8(13)9(14)15/h1-3,7-8,12-13H,10H2,(H,14,15). The Morgan fingerprint density at radius 1 is 1.41 bits per heavy atom. The molecule has 2 unspecified atom stereocenters. The quantitative estimate of drug-likeness (QED) is 0.320. The van der Waals surface area contributed by atoms with Gasteiger partial charge in [-0.3, -0.25) is 10.1 Å². The highest BCUT2D eigenvalue weighted by atomic mass is 16.6. The molecule has 2 atom stereocenters. The Bertz CT molecular complexity index is 461. The molecule has 92 valence electrons. The minimum Gasteiger partial charge on any atom is -0.479 e. The van der Waals surface area contributed by atoms with Crippen molar-refractivity contribution < 1.29 is 25.0 Å². The molecule has 0 heterocycles. The van der Waals surface area contributed by atoms with Gasteiger partial charge >= 0.3 is 5.97 Å². The molecule has 0 bridgehead atoms. The predicted octanol–water partition coefficient (Wildman–Crippen LogP) is -0.344. The zero-order valence-electron chi connectivity index (χ0n) is 8.48. The molecule has 8 heteroatoms. The first-order valence-corrected chi connectivity index (χ1v) is 4.47. The van der Waals surface area contributed by atoms with E-state index in [9.17, 15) is 20.0 Å². The third-order valence-electron chi connectivity index (χ3n) is 2.14. The number of aliphatic carboxylic acids is 1. The number of benzene rings is 1. The van der Waals surface area contributed by atoms with E-state index in [1.54, 1.807) is 0 Å². The maximum atomic E-state index is 10.5. The van der Waals surface area contributed by atoms with Crippen LogP contribution in [0.5, 0.6) is 0 Å². The first-order valence-electron chi connectivity index (χ1n) is 4.47. The molecular formula is C9H10N2O6. The van der Waals surface area contributed by atoms with Gasteiger partial charge in [-0.15, -0.1) is 0 Å². The lowest BCUT2D eigenvalue weighted by Gasteiger charge is -2.14. The van der Waals surface area contributed by atoms with E-state index in [0.29, 0.717) is 0 Å². The average molecular weight is 242 g/mol. The third kappa shape index (κ3) is 2.68. The van der Waals surface area contributed by atoms with Gasteiger partial charge in [0.25, 0.3) is 5.69 Å². The molecular weight excluding hydrogens is 232 g/mol. The van der Waals surface area contributed by atoms with Gasteiger partial charge in [-0.25, -0.2) is 4.79 Å². The van der Waals surface area contributed by atoms with E-state index >= 15 is 0 Å². The molecule has 8 nitrogen and oxygen atoms in total. The van der Waals surface area contributed by atoms with Crippen molar-refractivity contribution in [2.75, 3.05) is 5.73 Å². The monoisotopic (exact) mass is 242 g/mol. The normalized spacial score (nSPS) is 14.0. The van der Waals surface area contributed by atoms with Crippen LogP contribution in [0.4, 0.5) is 11.4 Å². The number of nitrogens with zero attached hydrogens (tertiary/aromatic N) is 1. The summed E-state index contributed by atoms with van der Waals surface area (Å²) < 4.78 is 0. The number of aliphatic hydroxyl groups excluding tert-OH is 2. The van der Waals surface area contributed by atoms with Crippen molar-refractivity contribution in [1.82, 2.24) is 0 Å². The summed E-state index contributed by atoms with van der Waals surface area (Å²) in [6.45, 7) is 0. The number of carbonyl (C=O) groups is 1. The molecule has 0 radical (unpaired) electrons. The van der Waals surface area contributed by atoms with Crippen LogP contribution in [-0.4, -0.2) is 32.3 Å². The molecule has 5 N–H and O–H groups in total. The number of rotatable bonds is 4. The van der Waals surface area contributed by atoms with E-state index in [4.69, 9.17) is 15.9 Å². The molecule has 1 rings (SSSR count). The number of nitro groups is 1. The minimum atomic E-state index is -2.02. The lowest BCUT2D eigenvalue weighted by atomic mass is 10.0. The van der Waals surface area contributed by atoms with Gasteiger partial charge in [0.2, 0.25) is 0 Å². The fraction of sp³-hybridized carbons (Fsp3) is 0.222. The Morgan fingerprint density at radius 3 is 2.41 bits per heavy atom. The maximum Gasteiger partial charge on any atom is 0.335 e. The number of aliphatic hydroxyl groups is 2. The first-order chi connectivity index (χ1) is 7.84. The van der Waals surface area contributed by atoms with E-state index in [2.05, 4.69) is 0 Å². The molecule has 0 saturated heterocycles. The number of carboxylic acid groups (broad SMARTS) is 1. The molecule has 1 aromatic carbocycles. The molecule has 0 saturated carbocycles. The van der Waals surface area contributed by atoms with Crippen LogP contribution in [-0.2, 0) is 4.79 Å². The van der Waals surface area contributed by atoms with Gasteiger partial charge in [0, 0.05) is 6.07 Å². The van der Waals surface area contributed by atoms with Gasteiger partial charge in [-0.2, -0.15) is 0 Å². The van der Waals surface area contributed by atoms with Gasteiger partial charge in [-0.1, -0.05) is 0 Å². The van der Waals surface area contributed by atoms with Crippen molar-refractivity contribution >= 4 is 17.3 Å². The summed E-state index contributed by atoms with van der Waals surface area (Å²) in [5.41, 5.74) is 4.77. The van der Waals surface area contributed by atoms with Gasteiger partial charge in [0.1, 0.15) is 11.8 Å². The maximum absolute atomic E-state index is 10.5. The third-order valence-corrected chi connectivity index (χ3v) is 2.14. The fourth-order valence-corrected chi connectivity index (χ4v) is 1.24. The van der Waals surface area contributed by atoms with E-state index < -0.39 is 23.1 Å². The van der Waals surface area contributed by atoms with Crippen LogP contribution in [0.1, 0.15) is 11.7 Å². The van der Waals surface area contributed by atoms with Crippen LogP contribution < -0.4 is 5.73 Å². The van der Waals surface area contributed by atoms with Crippen molar-refractivity contribution in [2.45, 2.75) is 12.2 Å². The number of nitrogens with two attached hydrogens (primary N) is 1. The molecule has 0 amide bonds. The van der Waals surface area contributed by atoms with E-state index in [0.717, 1.165) is 18.2 Å². The van der Waals surface area contributed by atoms with E-state index in [1.165, 1.54) is 0 Å². The second-order valence-electron chi connectivity index (χ2n) is 3.30. The molecule has 0 fully saturated rings. The van der Waals surface area contributed by atoms with Crippen molar-refractivity contribution in [3.63, 3.8) is 0 Å². The SMILES string of the molecule is Nc1cc(C(O)C(O)C(=O)O)ccc1[N+](=O)[O-]. The lowest BCUT2D eigenvalue weighted by Crippen LogP contribution is -2.27. The van der Waals surface area contributed by atoms with Crippen LogP contribution in [0.25, 0.3) is 0 Å². The second-order valence-corrected chi connectivity index (χ2v) is 3.30. The lowest BCUT2D eigenvalue weighted by molar-refractivity contribution is -0.383. The largest absolute Gasteiger partial charge is 0.479 e. The summed E-state index contributed by atoms with van der Waals surface area (Å²) in [6, 6.07) is 3.21. The van der Waals surface area contributed by atoms with Crippen molar-refractivity contribution in [3.8, 4) is 0 Å². The second kappa shape index (κ2) is 4.76. The summed E-state index contributed by atoms with van der Waals surface area (Å²) in [6.07, 6.45) is -3.72. The molecule has 0 aromatic heterocycles. The number of nitro benzene ring substituents is 1. The zero-order valence-corrected chi connectivity index (χ0v) is 8.48. The topological polar surface area (TPSA) is 147 Å². The van der Waals surface area contributed by atoms with E-state index in [-0.39, 0.29) is 16.9 Å². The van der Waals surface area contributed by atoms with Crippen LogP contribution >= 0.6 is 0 Å². The fourth-order valence-electron chi connectivity index (χ4n) is 1.24. The summed E-state index contributed by atoms with van der Waals surface area (Å²) in [4.78, 5) is 20.2. The molecule has 17 heavy (non-hydrogen) atoms. The Balaban J connectivity index is 3.05. The highest BCUT2D eigenvalue weighted by Gasteiger charge is 2.26. The summed E-state index contributed by atoms with van der Waals surface area (Å²) in [7, 11) is 0. The summed E-state index contributed by atoms with van der Waals surface area (Å²) in [5.74, 6) is -1.60. The number of hydrogen-bond donors (Lipinski definition) is 4. The Morgan fingerprint density at radius 2 is 2.00 bits per heavy atom. The number of hydrogen-bond acceptors (Lipinski definition) is 6. The smallest absolute Gasteiger partial charge is 0.335 e. The number of anilines is 1. The van der Waals surface area contributed by atoms with Crippen LogP contribution in [0.3, 0.4) is 0 Å². The van der Waals surface area contributed by atoms with Gasteiger partial charge in [0.05, 0.1) is 4.92 Å². The Hall–Kier alpha value is -2.19. The van der Waals surface area contributed by atoms with Crippen LogP contribution in [0, 0.1) is 10.1 Å². The van der Waals surface area contributed by atoms with Gasteiger partial charge < -0.3 is 21.1 Å². The van der Waals surface area contributed by atoms with E-state index in [1.807, 2.05) is 0 Å². The number of carboxylic acids is 1. The van der Waals surface area contributed by atoms with Crippen molar-refractivity contribution in [3.05, 3.63) is 33.9 Å². The Labute approximate surface area is 95.1 Å². The molecule has 1 aromatic rings. The van der Waals surface area contributed by atoms with Crippen LogP contribution in [0.2, 0.25) is 0 Å². The minimum absolute atomic E-state index is 0.0111. The Kier molecular flexibility index (Phi) is 3.61. The van der Waals surface area contributed by atoms with Gasteiger partial charge in [-0.05, 0) is 17.7 Å². The molecule has 0 aliphatic rings. The molecule has 0 aliphatic carbocycles. The summed E-state index contributed by atoms with van der Waals surface area (Å²) >= 11 is 0. The zero-order chi connectivity index (χ0) is 13.2. The van der Waals surface area contributed by atoms with Crippen molar-refractivity contribution in [2.24, 2.45) is 0 Å².